The lowest BCUT2D eigenvalue weighted by atomic mass is 10.0. The largest absolute Gasteiger partial charge is 0.388 e. The average Bonchev–Trinajstić information content (AvgIpc) is 2.70. The number of nitrogens with zero attached hydrogens (tertiary/aromatic N) is 2. The predicted octanol–water partition coefficient (Wildman–Crippen LogP) is 2.54. The van der Waals surface area contributed by atoms with E-state index in [4.69, 9.17) is 0 Å². The Morgan fingerprint density at radius 1 is 1.32 bits per heavy atom. The standard InChI is InChI=1S/C14H16F2N2O/c1-3-10-7-11(18(2)17-10)8-14(19)12-5-4-9(15)6-13(12)16/h4-7,14,19H,3,8H2,1-2H3. The molecule has 0 saturated carbocycles. The fourth-order valence-corrected chi connectivity index (χ4v) is 2.02. The molecule has 1 unspecified atom stereocenters. The third kappa shape index (κ3) is 2.98. The van der Waals surface area contributed by atoms with Gasteiger partial charge < -0.3 is 5.11 Å². The normalized spacial score (nSPS) is 12.7. The summed E-state index contributed by atoms with van der Waals surface area (Å²) in [4.78, 5) is 0. The Bertz CT molecular complexity index is 581. The molecule has 0 amide bonds. The number of aliphatic hydroxyl groups excluding tert-OH is 1. The number of halogens is 2. The van der Waals surface area contributed by atoms with Crippen LogP contribution < -0.4 is 0 Å². The molecule has 0 bridgehead atoms. The molecule has 0 spiro atoms. The molecule has 0 radical (unpaired) electrons. The number of aryl methyl sites for hydroxylation is 2. The number of rotatable bonds is 4. The van der Waals surface area contributed by atoms with E-state index in [0.717, 1.165) is 29.9 Å². The van der Waals surface area contributed by atoms with Crippen LogP contribution in [0.15, 0.2) is 24.3 Å². The molecule has 0 saturated heterocycles. The Labute approximate surface area is 110 Å². The maximum atomic E-state index is 13.6. The second-order valence-electron chi connectivity index (χ2n) is 4.49. The van der Waals surface area contributed by atoms with Gasteiger partial charge >= 0.3 is 0 Å². The zero-order chi connectivity index (χ0) is 14.0. The van der Waals surface area contributed by atoms with E-state index in [1.54, 1.807) is 11.7 Å². The molecule has 1 aromatic heterocycles. The minimum Gasteiger partial charge on any atom is -0.388 e. The number of aromatic nitrogens is 2. The molecule has 0 aliphatic rings. The molecule has 0 fully saturated rings. The molecular weight excluding hydrogens is 250 g/mol. The summed E-state index contributed by atoms with van der Waals surface area (Å²) in [6.45, 7) is 1.99. The van der Waals surface area contributed by atoms with Crippen LogP contribution in [-0.2, 0) is 19.9 Å². The third-order valence-electron chi connectivity index (χ3n) is 3.11. The highest BCUT2D eigenvalue weighted by molar-refractivity contribution is 5.23. The maximum absolute atomic E-state index is 13.6. The van der Waals surface area contributed by atoms with E-state index in [0.29, 0.717) is 0 Å². The van der Waals surface area contributed by atoms with E-state index in [1.807, 2.05) is 13.0 Å². The molecular formula is C14H16F2N2O. The summed E-state index contributed by atoms with van der Waals surface area (Å²) < 4.78 is 28.0. The van der Waals surface area contributed by atoms with Crippen molar-refractivity contribution in [1.29, 1.82) is 0 Å². The van der Waals surface area contributed by atoms with Crippen LogP contribution in [-0.4, -0.2) is 14.9 Å². The Balaban J connectivity index is 2.20. The van der Waals surface area contributed by atoms with E-state index in [9.17, 15) is 13.9 Å². The van der Waals surface area contributed by atoms with E-state index < -0.39 is 17.7 Å². The van der Waals surface area contributed by atoms with Crippen LogP contribution in [0.3, 0.4) is 0 Å². The Kier molecular flexibility index (Phi) is 3.95. The molecule has 19 heavy (non-hydrogen) atoms. The maximum Gasteiger partial charge on any atom is 0.131 e. The molecule has 1 heterocycles. The fraction of sp³-hybridized carbons (Fsp3) is 0.357. The second kappa shape index (κ2) is 5.48. The van der Waals surface area contributed by atoms with Gasteiger partial charge in [-0.3, -0.25) is 4.68 Å². The molecule has 0 aliphatic heterocycles. The lowest BCUT2D eigenvalue weighted by Crippen LogP contribution is -2.08. The Hall–Kier alpha value is -1.75. The predicted molar refractivity (Wildman–Crippen MR) is 67.6 cm³/mol. The highest BCUT2D eigenvalue weighted by Gasteiger charge is 2.16. The summed E-state index contributed by atoms with van der Waals surface area (Å²) >= 11 is 0. The first-order valence-electron chi connectivity index (χ1n) is 6.16. The number of benzene rings is 1. The van der Waals surface area contributed by atoms with Crippen LogP contribution in [0.2, 0.25) is 0 Å². The van der Waals surface area contributed by atoms with Gasteiger partial charge in [-0.1, -0.05) is 13.0 Å². The van der Waals surface area contributed by atoms with Crippen LogP contribution in [0.4, 0.5) is 8.78 Å². The zero-order valence-electron chi connectivity index (χ0n) is 10.9. The first-order valence-corrected chi connectivity index (χ1v) is 6.16. The van der Waals surface area contributed by atoms with Crippen LogP contribution >= 0.6 is 0 Å². The third-order valence-corrected chi connectivity index (χ3v) is 3.11. The first kappa shape index (κ1) is 13.7. The summed E-state index contributed by atoms with van der Waals surface area (Å²) in [6.07, 6.45) is 0.0293. The number of hydrogen-bond acceptors (Lipinski definition) is 2. The van der Waals surface area contributed by atoms with Gasteiger partial charge in [-0.2, -0.15) is 5.10 Å². The van der Waals surface area contributed by atoms with Crippen molar-refractivity contribution in [2.45, 2.75) is 25.9 Å². The Morgan fingerprint density at radius 3 is 2.63 bits per heavy atom. The van der Waals surface area contributed by atoms with Gasteiger partial charge in [-0.15, -0.1) is 0 Å². The van der Waals surface area contributed by atoms with Crippen molar-refractivity contribution in [3.05, 3.63) is 52.9 Å². The topological polar surface area (TPSA) is 38.0 Å². The van der Waals surface area contributed by atoms with Crippen molar-refractivity contribution in [1.82, 2.24) is 9.78 Å². The minimum atomic E-state index is -1.01. The quantitative estimate of drug-likeness (QED) is 0.923. The van der Waals surface area contributed by atoms with Crippen molar-refractivity contribution in [2.75, 3.05) is 0 Å². The lowest BCUT2D eigenvalue weighted by Gasteiger charge is -2.12. The highest BCUT2D eigenvalue weighted by Crippen LogP contribution is 2.22. The summed E-state index contributed by atoms with van der Waals surface area (Å²) in [5, 5.41) is 14.3. The zero-order valence-corrected chi connectivity index (χ0v) is 10.9. The molecule has 1 aromatic carbocycles. The minimum absolute atomic E-state index is 0.0978. The molecule has 102 valence electrons. The summed E-state index contributed by atoms with van der Waals surface area (Å²) in [5.74, 6) is -1.38. The second-order valence-corrected chi connectivity index (χ2v) is 4.49. The van der Waals surface area contributed by atoms with Gasteiger partial charge in [-0.05, 0) is 18.6 Å². The van der Waals surface area contributed by atoms with Crippen LogP contribution in [0.25, 0.3) is 0 Å². The van der Waals surface area contributed by atoms with Gasteiger partial charge in [0.25, 0.3) is 0 Å². The van der Waals surface area contributed by atoms with Gasteiger partial charge in [0.1, 0.15) is 11.6 Å². The van der Waals surface area contributed by atoms with Gasteiger partial charge in [0.05, 0.1) is 11.8 Å². The summed E-state index contributed by atoms with van der Waals surface area (Å²) in [6, 6.07) is 5.07. The number of aliphatic hydroxyl groups is 1. The van der Waals surface area contributed by atoms with E-state index in [2.05, 4.69) is 5.10 Å². The van der Waals surface area contributed by atoms with Crippen molar-refractivity contribution in [3.8, 4) is 0 Å². The molecule has 2 aromatic rings. The SMILES string of the molecule is CCc1cc(CC(O)c2ccc(F)cc2F)n(C)n1. The van der Waals surface area contributed by atoms with Crippen molar-refractivity contribution in [2.24, 2.45) is 7.05 Å². The van der Waals surface area contributed by atoms with E-state index >= 15 is 0 Å². The summed E-state index contributed by atoms with van der Waals surface area (Å²) in [5.41, 5.74) is 1.83. The highest BCUT2D eigenvalue weighted by atomic mass is 19.1. The van der Waals surface area contributed by atoms with E-state index in [1.165, 1.54) is 6.07 Å². The van der Waals surface area contributed by atoms with Crippen molar-refractivity contribution in [3.63, 3.8) is 0 Å². The van der Waals surface area contributed by atoms with Crippen LogP contribution in [0.5, 0.6) is 0 Å². The van der Waals surface area contributed by atoms with Gasteiger partial charge in [0.2, 0.25) is 0 Å². The average molecular weight is 266 g/mol. The fourth-order valence-electron chi connectivity index (χ4n) is 2.02. The molecule has 5 heteroatoms. The van der Waals surface area contributed by atoms with E-state index in [-0.39, 0.29) is 12.0 Å². The monoisotopic (exact) mass is 266 g/mol. The molecule has 1 N–H and O–H groups in total. The molecule has 0 aliphatic carbocycles. The lowest BCUT2D eigenvalue weighted by molar-refractivity contribution is 0.171. The van der Waals surface area contributed by atoms with Gasteiger partial charge in [0, 0.05) is 30.8 Å². The summed E-state index contributed by atoms with van der Waals surface area (Å²) in [7, 11) is 1.78. The Morgan fingerprint density at radius 2 is 2.05 bits per heavy atom. The smallest absolute Gasteiger partial charge is 0.131 e. The molecule has 3 nitrogen and oxygen atoms in total. The van der Waals surface area contributed by atoms with Crippen molar-refractivity contribution < 1.29 is 13.9 Å². The molecule has 2 rings (SSSR count). The number of hydrogen-bond donors (Lipinski definition) is 1. The van der Waals surface area contributed by atoms with Gasteiger partial charge in [0.15, 0.2) is 0 Å². The van der Waals surface area contributed by atoms with Crippen LogP contribution in [0.1, 0.15) is 30.0 Å². The molecule has 1 atom stereocenters. The first-order chi connectivity index (χ1) is 9.01. The van der Waals surface area contributed by atoms with Crippen molar-refractivity contribution >= 4 is 0 Å². The van der Waals surface area contributed by atoms with Crippen LogP contribution in [0, 0.1) is 11.6 Å². The van der Waals surface area contributed by atoms with Gasteiger partial charge in [-0.25, -0.2) is 8.78 Å².